The number of alkyl halides is 3. The van der Waals surface area contributed by atoms with Crippen molar-refractivity contribution in [2.24, 2.45) is 5.92 Å². The van der Waals surface area contributed by atoms with Gasteiger partial charge in [0.1, 0.15) is 6.04 Å². The Bertz CT molecular complexity index is 965. The Kier molecular flexibility index (Phi) is 10.1. The number of thiophene rings is 1. The third-order valence-electron chi connectivity index (χ3n) is 8.05. The van der Waals surface area contributed by atoms with E-state index in [0.29, 0.717) is 12.8 Å². The van der Waals surface area contributed by atoms with Crippen LogP contribution >= 0.6 is 11.3 Å². The highest BCUT2D eigenvalue weighted by molar-refractivity contribution is 7.09. The molecule has 0 aromatic carbocycles. The molecule has 3 heterocycles. The van der Waals surface area contributed by atoms with Crippen LogP contribution in [0.15, 0.2) is 17.5 Å². The largest absolute Gasteiger partial charge is 0.465 e. The van der Waals surface area contributed by atoms with Crippen molar-refractivity contribution in [3.05, 3.63) is 22.4 Å². The molecular weight excluding hydrogens is 535 g/mol. The van der Waals surface area contributed by atoms with Gasteiger partial charge in [-0.2, -0.15) is 13.2 Å². The number of halogens is 3. The van der Waals surface area contributed by atoms with E-state index in [0.717, 1.165) is 41.9 Å². The summed E-state index contributed by atoms with van der Waals surface area (Å²) in [5.74, 6) is -0.855. The molecule has 1 aromatic heterocycles. The first kappa shape index (κ1) is 29.6. The van der Waals surface area contributed by atoms with Crippen molar-refractivity contribution < 1.29 is 32.7 Å². The number of amides is 3. The van der Waals surface area contributed by atoms with Crippen molar-refractivity contribution in [2.45, 2.75) is 75.8 Å². The van der Waals surface area contributed by atoms with E-state index in [2.05, 4.69) is 10.6 Å². The van der Waals surface area contributed by atoms with Crippen LogP contribution in [0.25, 0.3) is 0 Å². The van der Waals surface area contributed by atoms with Crippen molar-refractivity contribution in [3.8, 4) is 0 Å². The van der Waals surface area contributed by atoms with Gasteiger partial charge in [-0.05, 0) is 56.1 Å². The summed E-state index contributed by atoms with van der Waals surface area (Å²) in [5, 5.41) is 17.9. The lowest BCUT2D eigenvalue weighted by Gasteiger charge is -2.44. The van der Waals surface area contributed by atoms with E-state index >= 15 is 0 Å². The number of nitrogens with zero attached hydrogens (tertiary/aromatic N) is 3. The average Bonchev–Trinajstić information content (AvgIpc) is 3.44. The second-order valence-electron chi connectivity index (χ2n) is 10.8. The lowest BCUT2D eigenvalue weighted by Crippen LogP contribution is -2.65. The Morgan fingerprint density at radius 3 is 2.38 bits per heavy atom. The maximum atomic E-state index is 14.1. The van der Waals surface area contributed by atoms with Gasteiger partial charge in [-0.3, -0.25) is 14.5 Å². The molecule has 0 spiro atoms. The first-order chi connectivity index (χ1) is 18.6. The number of piperidine rings is 1. The molecule has 1 unspecified atom stereocenters. The summed E-state index contributed by atoms with van der Waals surface area (Å²) < 4.78 is 38.8. The van der Waals surface area contributed by atoms with Crippen molar-refractivity contribution in [1.82, 2.24) is 25.3 Å². The van der Waals surface area contributed by atoms with Gasteiger partial charge in [0, 0.05) is 24.0 Å². The highest BCUT2D eigenvalue weighted by atomic mass is 32.1. The standard InChI is InChI=1S/C26H38F3N5O4S/c27-26(28,29)17-32-10-8-18(9-11-32)22(31-19-5-2-1-3-6-19)24(36)34-13-12-33(25(37)38)16-21(34)23(35)30-15-20-7-4-14-39-20/h4,7,14,18-19,21-22,31H,1-3,5-6,8-13,15-17H2,(H,30,35)(H,37,38)/t21-,22?/m0/s1. The number of carbonyl (C=O) groups excluding carboxylic acids is 2. The van der Waals surface area contributed by atoms with Crippen LogP contribution < -0.4 is 10.6 Å². The molecule has 13 heteroatoms. The quantitative estimate of drug-likeness (QED) is 0.442. The van der Waals surface area contributed by atoms with E-state index < -0.39 is 36.8 Å². The number of carboxylic acid groups (broad SMARTS) is 1. The summed E-state index contributed by atoms with van der Waals surface area (Å²) in [6.07, 6.45) is 0.551. The Balaban J connectivity index is 1.50. The number of hydrogen-bond acceptors (Lipinski definition) is 6. The minimum atomic E-state index is -4.27. The van der Waals surface area contributed by atoms with E-state index in [-0.39, 0.29) is 57.1 Å². The van der Waals surface area contributed by atoms with Crippen LogP contribution in [0.5, 0.6) is 0 Å². The van der Waals surface area contributed by atoms with E-state index in [1.807, 2.05) is 17.5 Å². The second-order valence-corrected chi connectivity index (χ2v) is 11.8. The molecule has 1 saturated carbocycles. The monoisotopic (exact) mass is 573 g/mol. The van der Waals surface area contributed by atoms with Crippen molar-refractivity contribution >= 4 is 29.2 Å². The fraction of sp³-hybridized carbons (Fsp3) is 0.731. The van der Waals surface area contributed by atoms with Crippen molar-refractivity contribution in [1.29, 1.82) is 0 Å². The number of hydrogen-bond donors (Lipinski definition) is 3. The minimum Gasteiger partial charge on any atom is -0.465 e. The Morgan fingerprint density at radius 1 is 1.05 bits per heavy atom. The number of likely N-dealkylation sites (tertiary alicyclic amines) is 1. The van der Waals surface area contributed by atoms with Gasteiger partial charge in [0.2, 0.25) is 11.8 Å². The summed E-state index contributed by atoms with van der Waals surface area (Å²) in [4.78, 5) is 44.1. The lowest BCUT2D eigenvalue weighted by molar-refractivity contribution is -0.152. The first-order valence-corrected chi connectivity index (χ1v) is 14.6. The predicted molar refractivity (Wildman–Crippen MR) is 140 cm³/mol. The van der Waals surface area contributed by atoms with Gasteiger partial charge in [-0.1, -0.05) is 25.3 Å². The summed E-state index contributed by atoms with van der Waals surface area (Å²) in [7, 11) is 0. The molecule has 3 N–H and O–H groups in total. The van der Waals surface area contributed by atoms with E-state index in [1.165, 1.54) is 21.1 Å². The van der Waals surface area contributed by atoms with Crippen LogP contribution in [0.1, 0.15) is 49.8 Å². The van der Waals surface area contributed by atoms with Gasteiger partial charge in [0.25, 0.3) is 0 Å². The van der Waals surface area contributed by atoms with E-state index in [1.54, 1.807) is 0 Å². The number of nitrogens with one attached hydrogen (secondary N) is 2. The molecule has 2 atom stereocenters. The summed E-state index contributed by atoms with van der Waals surface area (Å²) >= 11 is 1.49. The molecule has 9 nitrogen and oxygen atoms in total. The first-order valence-electron chi connectivity index (χ1n) is 13.7. The molecule has 3 amide bonds. The fourth-order valence-electron chi connectivity index (χ4n) is 5.96. The zero-order valence-electron chi connectivity index (χ0n) is 22.0. The third-order valence-corrected chi connectivity index (χ3v) is 8.92. The van der Waals surface area contributed by atoms with Crippen LogP contribution in [0.4, 0.5) is 18.0 Å². The molecule has 3 fully saturated rings. The molecule has 0 bridgehead atoms. The van der Waals surface area contributed by atoms with E-state index in [4.69, 9.17) is 0 Å². The van der Waals surface area contributed by atoms with Gasteiger partial charge < -0.3 is 25.5 Å². The molecule has 4 rings (SSSR count). The van der Waals surface area contributed by atoms with Gasteiger partial charge in [0.05, 0.1) is 25.7 Å². The highest BCUT2D eigenvalue weighted by Crippen LogP contribution is 2.28. The van der Waals surface area contributed by atoms with Crippen LogP contribution in [0, 0.1) is 5.92 Å². The molecule has 3 aliphatic rings. The lowest BCUT2D eigenvalue weighted by atomic mass is 9.86. The SMILES string of the molecule is O=C(NCc1cccs1)[C@@H]1CN(C(=O)O)CCN1C(=O)C(NC1CCCCC1)C1CCN(CC(F)(F)F)CC1. The van der Waals surface area contributed by atoms with Crippen molar-refractivity contribution in [2.75, 3.05) is 39.3 Å². The zero-order chi connectivity index (χ0) is 28.0. The Morgan fingerprint density at radius 2 is 1.77 bits per heavy atom. The average molecular weight is 574 g/mol. The maximum absolute atomic E-state index is 14.1. The van der Waals surface area contributed by atoms with Crippen molar-refractivity contribution in [3.63, 3.8) is 0 Å². The zero-order valence-corrected chi connectivity index (χ0v) is 22.8. The maximum Gasteiger partial charge on any atom is 0.407 e. The molecule has 1 aliphatic carbocycles. The molecule has 2 aliphatic heterocycles. The highest BCUT2D eigenvalue weighted by Gasteiger charge is 2.43. The summed E-state index contributed by atoms with van der Waals surface area (Å²) in [5.41, 5.74) is 0. The smallest absolute Gasteiger partial charge is 0.407 e. The van der Waals surface area contributed by atoms with Crippen LogP contribution in [-0.4, -0.2) is 101 Å². The predicted octanol–water partition coefficient (Wildman–Crippen LogP) is 3.12. The fourth-order valence-corrected chi connectivity index (χ4v) is 6.60. The van der Waals surface area contributed by atoms with Crippen LogP contribution in [0.2, 0.25) is 0 Å². The molecule has 1 aromatic rings. The number of piperazine rings is 1. The minimum absolute atomic E-state index is 0.0813. The van der Waals surface area contributed by atoms with E-state index in [9.17, 15) is 32.7 Å². The van der Waals surface area contributed by atoms with Crippen LogP contribution in [-0.2, 0) is 16.1 Å². The number of carbonyl (C=O) groups is 3. The summed E-state index contributed by atoms with van der Waals surface area (Å²) in [6, 6.07) is 2.27. The summed E-state index contributed by atoms with van der Waals surface area (Å²) in [6.45, 7) is -0.136. The third kappa shape index (κ3) is 8.31. The normalized spacial score (nSPS) is 23.0. The van der Waals surface area contributed by atoms with Gasteiger partial charge in [0.15, 0.2) is 0 Å². The second kappa shape index (κ2) is 13.3. The topological polar surface area (TPSA) is 105 Å². The van der Waals surface area contributed by atoms with Crippen LogP contribution in [0.3, 0.4) is 0 Å². The Labute approximate surface area is 230 Å². The number of rotatable bonds is 8. The van der Waals surface area contributed by atoms with Gasteiger partial charge in [-0.15, -0.1) is 11.3 Å². The van der Waals surface area contributed by atoms with Gasteiger partial charge in [-0.25, -0.2) is 4.79 Å². The Hall–Kier alpha value is -2.38. The van der Waals surface area contributed by atoms with Gasteiger partial charge >= 0.3 is 12.3 Å². The molecule has 218 valence electrons. The molecule has 2 saturated heterocycles. The molecular formula is C26H38F3N5O4S. The molecule has 39 heavy (non-hydrogen) atoms. The molecule has 0 radical (unpaired) electrons.